The van der Waals surface area contributed by atoms with Gasteiger partial charge in [0.05, 0.1) is 5.75 Å². The van der Waals surface area contributed by atoms with E-state index >= 15 is 0 Å². The maximum Gasteiger partial charge on any atom is 0.233 e. The normalized spacial score (nSPS) is 20.7. The number of piperidine rings is 1. The average molecular weight is 379 g/mol. The number of benzene rings is 1. The van der Waals surface area contributed by atoms with Crippen molar-refractivity contribution < 1.29 is 4.79 Å². The predicted molar refractivity (Wildman–Crippen MR) is 102 cm³/mol. The largest absolute Gasteiger partial charge is 0.337 e. The molecule has 1 aliphatic rings. The number of carbonyl (C=O) groups excluding carboxylic acids is 1. The zero-order valence-electron chi connectivity index (χ0n) is 14.8. The summed E-state index contributed by atoms with van der Waals surface area (Å²) in [6.07, 6.45) is 3.38. The van der Waals surface area contributed by atoms with Gasteiger partial charge >= 0.3 is 0 Å². The van der Waals surface area contributed by atoms with Gasteiger partial charge in [-0.15, -0.1) is 10.2 Å². The number of hydrogen-bond donors (Lipinski definition) is 0. The molecule has 2 heterocycles. The van der Waals surface area contributed by atoms with Crippen LogP contribution in [0.3, 0.4) is 0 Å². The molecular formula is C18H23ClN4OS. The Morgan fingerprint density at radius 3 is 2.48 bits per heavy atom. The lowest BCUT2D eigenvalue weighted by molar-refractivity contribution is -0.134. The van der Waals surface area contributed by atoms with Crippen molar-refractivity contribution >= 4 is 29.3 Å². The molecule has 0 spiro atoms. The first-order valence-corrected chi connectivity index (χ1v) is 9.93. The van der Waals surface area contributed by atoms with Crippen molar-refractivity contribution in [2.45, 2.75) is 50.4 Å². The van der Waals surface area contributed by atoms with Crippen LogP contribution in [0.1, 0.15) is 33.1 Å². The van der Waals surface area contributed by atoms with Gasteiger partial charge in [0.2, 0.25) is 5.91 Å². The predicted octanol–water partition coefficient (Wildman–Crippen LogP) is 4.02. The summed E-state index contributed by atoms with van der Waals surface area (Å²) in [7, 11) is 1.92. The lowest BCUT2D eigenvalue weighted by Gasteiger charge is -2.39. The van der Waals surface area contributed by atoms with E-state index in [1.165, 1.54) is 18.2 Å². The van der Waals surface area contributed by atoms with Gasteiger partial charge in [0.25, 0.3) is 0 Å². The van der Waals surface area contributed by atoms with Crippen LogP contribution in [-0.2, 0) is 11.8 Å². The second kappa shape index (κ2) is 7.79. The zero-order chi connectivity index (χ0) is 18.0. The molecule has 3 rings (SSSR count). The van der Waals surface area contributed by atoms with Gasteiger partial charge in [-0.2, -0.15) is 0 Å². The molecule has 1 fully saturated rings. The first-order chi connectivity index (χ1) is 12.0. The highest BCUT2D eigenvalue weighted by Gasteiger charge is 2.29. The first kappa shape index (κ1) is 18.3. The van der Waals surface area contributed by atoms with Crippen LogP contribution in [0.4, 0.5) is 0 Å². The third-order valence-electron chi connectivity index (χ3n) is 4.74. The van der Waals surface area contributed by atoms with E-state index in [0.29, 0.717) is 22.9 Å². The molecule has 0 radical (unpaired) electrons. The minimum absolute atomic E-state index is 0.181. The average Bonchev–Trinajstić information content (AvgIpc) is 2.94. The van der Waals surface area contributed by atoms with Crippen molar-refractivity contribution in [2.75, 3.05) is 5.75 Å². The van der Waals surface area contributed by atoms with Crippen LogP contribution >= 0.6 is 23.4 Å². The molecule has 0 unspecified atom stereocenters. The third-order valence-corrected chi connectivity index (χ3v) is 6.00. The van der Waals surface area contributed by atoms with Crippen LogP contribution in [-0.4, -0.2) is 43.4 Å². The fraction of sp³-hybridized carbons (Fsp3) is 0.500. The molecule has 1 saturated heterocycles. The molecule has 1 aromatic heterocycles. The van der Waals surface area contributed by atoms with Crippen LogP contribution in [0, 0.1) is 0 Å². The molecule has 2 aromatic rings. The SMILES string of the molecule is C[C@@H]1CCC[C@H](C)N1C(=O)CSc1nnc(-c2ccc(Cl)cc2)n1C. The number of halogens is 1. The molecule has 7 heteroatoms. The van der Waals surface area contributed by atoms with E-state index in [4.69, 9.17) is 11.6 Å². The summed E-state index contributed by atoms with van der Waals surface area (Å²) < 4.78 is 1.92. The van der Waals surface area contributed by atoms with Crippen LogP contribution in [0.2, 0.25) is 5.02 Å². The van der Waals surface area contributed by atoms with E-state index in [0.717, 1.165) is 29.4 Å². The summed E-state index contributed by atoms with van der Waals surface area (Å²) in [5.74, 6) is 1.34. The summed E-state index contributed by atoms with van der Waals surface area (Å²) in [5.41, 5.74) is 0.954. The Bertz CT molecular complexity index is 736. The van der Waals surface area contributed by atoms with E-state index in [9.17, 15) is 4.79 Å². The molecule has 1 aliphatic heterocycles. The standard InChI is InChI=1S/C18H23ClN4OS/c1-12-5-4-6-13(2)23(12)16(24)11-25-18-21-20-17(22(18)3)14-7-9-15(19)10-8-14/h7-10,12-13H,4-6,11H2,1-3H3/t12-,13+. The number of carbonyl (C=O) groups is 1. The fourth-order valence-corrected chi connectivity index (χ4v) is 4.31. The Balaban J connectivity index is 1.68. The maximum atomic E-state index is 12.7. The number of nitrogens with zero attached hydrogens (tertiary/aromatic N) is 4. The summed E-state index contributed by atoms with van der Waals surface area (Å²) in [5, 5.41) is 9.94. The number of amides is 1. The van der Waals surface area contributed by atoms with E-state index in [-0.39, 0.29) is 5.91 Å². The monoisotopic (exact) mass is 378 g/mol. The molecule has 1 amide bonds. The highest BCUT2D eigenvalue weighted by Crippen LogP contribution is 2.26. The smallest absolute Gasteiger partial charge is 0.233 e. The lowest BCUT2D eigenvalue weighted by Crippen LogP contribution is -2.48. The molecule has 2 atom stereocenters. The Kier molecular flexibility index (Phi) is 5.69. The summed E-state index contributed by atoms with van der Waals surface area (Å²) >= 11 is 7.38. The molecule has 0 aliphatic carbocycles. The zero-order valence-corrected chi connectivity index (χ0v) is 16.3. The molecule has 134 valence electrons. The Hall–Kier alpha value is -1.53. The topological polar surface area (TPSA) is 51.0 Å². The molecule has 0 N–H and O–H groups in total. The van der Waals surface area contributed by atoms with Crippen molar-refractivity contribution in [3.8, 4) is 11.4 Å². The van der Waals surface area contributed by atoms with Crippen LogP contribution in [0.5, 0.6) is 0 Å². The summed E-state index contributed by atoms with van der Waals surface area (Å²) in [6, 6.07) is 8.15. The molecule has 0 saturated carbocycles. The van der Waals surface area contributed by atoms with Crippen molar-refractivity contribution in [1.82, 2.24) is 19.7 Å². The summed E-state index contributed by atoms with van der Waals surface area (Å²) in [6.45, 7) is 4.28. The number of thioether (sulfide) groups is 1. The van der Waals surface area contributed by atoms with Crippen LogP contribution < -0.4 is 0 Å². The van der Waals surface area contributed by atoms with Crippen molar-refractivity contribution in [3.63, 3.8) is 0 Å². The molecular weight excluding hydrogens is 356 g/mol. The van der Waals surface area contributed by atoms with Crippen LogP contribution in [0.25, 0.3) is 11.4 Å². The third kappa shape index (κ3) is 4.01. The molecule has 5 nitrogen and oxygen atoms in total. The minimum atomic E-state index is 0.181. The maximum absolute atomic E-state index is 12.7. The van der Waals surface area contributed by atoms with E-state index < -0.39 is 0 Å². The van der Waals surface area contributed by atoms with Gasteiger partial charge in [-0.05, 0) is 57.4 Å². The Morgan fingerprint density at radius 1 is 1.20 bits per heavy atom. The second-order valence-electron chi connectivity index (χ2n) is 6.59. The quantitative estimate of drug-likeness (QED) is 0.754. The van der Waals surface area contributed by atoms with Gasteiger partial charge in [0.1, 0.15) is 0 Å². The van der Waals surface area contributed by atoms with Crippen molar-refractivity contribution in [3.05, 3.63) is 29.3 Å². The first-order valence-electron chi connectivity index (χ1n) is 8.56. The van der Waals surface area contributed by atoms with Crippen molar-refractivity contribution in [1.29, 1.82) is 0 Å². The van der Waals surface area contributed by atoms with E-state index in [1.807, 2.05) is 40.8 Å². The lowest BCUT2D eigenvalue weighted by atomic mass is 9.98. The number of rotatable bonds is 4. The molecule has 1 aromatic carbocycles. The molecule has 25 heavy (non-hydrogen) atoms. The van der Waals surface area contributed by atoms with Crippen molar-refractivity contribution in [2.24, 2.45) is 7.05 Å². The van der Waals surface area contributed by atoms with E-state index in [2.05, 4.69) is 24.0 Å². The Labute approximate surface area is 157 Å². The Morgan fingerprint density at radius 2 is 1.84 bits per heavy atom. The van der Waals surface area contributed by atoms with Gasteiger partial charge in [0, 0.05) is 29.7 Å². The van der Waals surface area contributed by atoms with Gasteiger partial charge in [-0.1, -0.05) is 23.4 Å². The molecule has 0 bridgehead atoms. The van der Waals surface area contributed by atoms with Crippen LogP contribution in [0.15, 0.2) is 29.4 Å². The van der Waals surface area contributed by atoms with Gasteiger partial charge in [0.15, 0.2) is 11.0 Å². The number of hydrogen-bond acceptors (Lipinski definition) is 4. The van der Waals surface area contributed by atoms with Gasteiger partial charge in [-0.3, -0.25) is 4.79 Å². The highest BCUT2D eigenvalue weighted by atomic mass is 35.5. The minimum Gasteiger partial charge on any atom is -0.337 e. The number of aromatic nitrogens is 3. The highest BCUT2D eigenvalue weighted by molar-refractivity contribution is 7.99. The number of likely N-dealkylation sites (tertiary alicyclic amines) is 1. The van der Waals surface area contributed by atoms with E-state index in [1.54, 1.807) is 0 Å². The second-order valence-corrected chi connectivity index (χ2v) is 7.97. The summed E-state index contributed by atoms with van der Waals surface area (Å²) in [4.78, 5) is 14.7. The van der Waals surface area contributed by atoms with Gasteiger partial charge < -0.3 is 9.47 Å². The van der Waals surface area contributed by atoms with Gasteiger partial charge in [-0.25, -0.2) is 0 Å². The fourth-order valence-electron chi connectivity index (χ4n) is 3.40.